The zero-order valence-corrected chi connectivity index (χ0v) is 8.89. The van der Waals surface area contributed by atoms with Crippen molar-refractivity contribution in [2.45, 2.75) is 6.42 Å². The zero-order valence-electron chi connectivity index (χ0n) is 8.89. The molecule has 1 atom stereocenters. The molecular weight excluding hydrogens is 192 g/mol. The van der Waals surface area contributed by atoms with Crippen LogP contribution in [0.4, 0.5) is 5.82 Å². The molecule has 1 aromatic heterocycles. The van der Waals surface area contributed by atoms with Crippen LogP contribution in [0.3, 0.4) is 0 Å². The molecule has 1 saturated heterocycles. The van der Waals surface area contributed by atoms with Gasteiger partial charge in [-0.3, -0.25) is 4.79 Å². The van der Waals surface area contributed by atoms with E-state index in [0.29, 0.717) is 18.3 Å². The van der Waals surface area contributed by atoms with Crippen molar-refractivity contribution in [3.8, 4) is 0 Å². The van der Waals surface area contributed by atoms with Crippen LogP contribution in [-0.4, -0.2) is 29.2 Å². The predicted octanol–water partition coefficient (Wildman–Crippen LogP) is -0.435. The molecule has 1 aliphatic rings. The zero-order chi connectivity index (χ0) is 10.8. The summed E-state index contributed by atoms with van der Waals surface area (Å²) in [6.07, 6.45) is 4.38. The first-order valence-electron chi connectivity index (χ1n) is 5.19. The highest BCUT2D eigenvalue weighted by atomic mass is 16.1. The summed E-state index contributed by atoms with van der Waals surface area (Å²) < 4.78 is 1.55. The van der Waals surface area contributed by atoms with Crippen molar-refractivity contribution in [1.29, 1.82) is 0 Å². The van der Waals surface area contributed by atoms with Crippen LogP contribution in [0.2, 0.25) is 0 Å². The average Bonchev–Trinajstić information content (AvgIpc) is 2.70. The second-order valence-corrected chi connectivity index (χ2v) is 4.00. The fourth-order valence-electron chi connectivity index (χ4n) is 1.92. The molecule has 0 saturated carbocycles. The summed E-state index contributed by atoms with van der Waals surface area (Å²) in [5, 5.41) is 0. The van der Waals surface area contributed by atoms with Gasteiger partial charge in [0.1, 0.15) is 0 Å². The van der Waals surface area contributed by atoms with Gasteiger partial charge in [0.05, 0.1) is 0 Å². The lowest BCUT2D eigenvalue weighted by atomic mass is 10.1. The Morgan fingerprint density at radius 1 is 1.67 bits per heavy atom. The minimum Gasteiger partial charge on any atom is -0.352 e. The normalized spacial score (nSPS) is 20.9. The second kappa shape index (κ2) is 4.02. The number of rotatable bonds is 2. The van der Waals surface area contributed by atoms with Gasteiger partial charge in [-0.2, -0.15) is 0 Å². The van der Waals surface area contributed by atoms with E-state index in [4.69, 9.17) is 5.73 Å². The monoisotopic (exact) mass is 208 g/mol. The first kappa shape index (κ1) is 10.2. The molecule has 0 bridgehead atoms. The molecule has 0 unspecified atom stereocenters. The molecule has 1 fully saturated rings. The van der Waals surface area contributed by atoms with Crippen molar-refractivity contribution in [2.24, 2.45) is 18.7 Å². The van der Waals surface area contributed by atoms with E-state index in [2.05, 4.69) is 4.98 Å². The molecule has 0 spiro atoms. The number of nitrogens with two attached hydrogens (primary N) is 1. The Morgan fingerprint density at radius 3 is 3.13 bits per heavy atom. The molecule has 0 aromatic carbocycles. The van der Waals surface area contributed by atoms with Crippen LogP contribution >= 0.6 is 0 Å². The molecule has 15 heavy (non-hydrogen) atoms. The molecule has 0 aliphatic carbocycles. The molecular formula is C10H16N4O. The van der Waals surface area contributed by atoms with Gasteiger partial charge >= 0.3 is 0 Å². The molecule has 2 N–H and O–H groups in total. The standard InChI is InChI=1S/C10H16N4O/c1-13-5-3-12-9(10(13)15)14-4-2-8(6-11)7-14/h3,5,8H,2,4,6-7,11H2,1H3/t8-/m1/s1. The van der Waals surface area contributed by atoms with E-state index >= 15 is 0 Å². The second-order valence-electron chi connectivity index (χ2n) is 4.00. The quantitative estimate of drug-likeness (QED) is 0.716. The van der Waals surface area contributed by atoms with Crippen molar-refractivity contribution in [3.05, 3.63) is 22.7 Å². The van der Waals surface area contributed by atoms with Crippen LogP contribution in [0.25, 0.3) is 0 Å². The van der Waals surface area contributed by atoms with E-state index in [0.717, 1.165) is 19.5 Å². The highest BCUT2D eigenvalue weighted by molar-refractivity contribution is 5.37. The van der Waals surface area contributed by atoms with Crippen LogP contribution in [0.15, 0.2) is 17.2 Å². The number of aromatic nitrogens is 2. The van der Waals surface area contributed by atoms with E-state index in [-0.39, 0.29) is 5.56 Å². The van der Waals surface area contributed by atoms with E-state index in [1.165, 1.54) is 0 Å². The minimum absolute atomic E-state index is 0.0322. The fourth-order valence-corrected chi connectivity index (χ4v) is 1.92. The third kappa shape index (κ3) is 1.87. The summed E-state index contributed by atoms with van der Waals surface area (Å²) in [6, 6.07) is 0. The van der Waals surface area contributed by atoms with E-state index in [1.54, 1.807) is 24.0 Å². The van der Waals surface area contributed by atoms with Gasteiger partial charge in [-0.25, -0.2) is 4.98 Å². The molecule has 0 amide bonds. The van der Waals surface area contributed by atoms with E-state index in [1.807, 2.05) is 4.90 Å². The van der Waals surface area contributed by atoms with Gasteiger partial charge in [0, 0.05) is 32.5 Å². The Hall–Kier alpha value is -1.36. The third-order valence-electron chi connectivity index (χ3n) is 2.92. The Bertz CT molecular complexity index is 401. The van der Waals surface area contributed by atoms with Gasteiger partial charge in [0.15, 0.2) is 5.82 Å². The number of nitrogens with zero attached hydrogens (tertiary/aromatic N) is 3. The van der Waals surface area contributed by atoms with Gasteiger partial charge < -0.3 is 15.2 Å². The highest BCUT2D eigenvalue weighted by Gasteiger charge is 2.24. The summed E-state index contributed by atoms with van der Waals surface area (Å²) in [6.45, 7) is 2.42. The van der Waals surface area contributed by atoms with E-state index in [9.17, 15) is 4.79 Å². The largest absolute Gasteiger partial charge is 0.352 e. The van der Waals surface area contributed by atoms with Crippen LogP contribution in [0.5, 0.6) is 0 Å². The molecule has 82 valence electrons. The summed E-state index contributed by atoms with van der Waals surface area (Å²) in [4.78, 5) is 17.9. The predicted molar refractivity (Wildman–Crippen MR) is 58.9 cm³/mol. The molecule has 1 aliphatic heterocycles. The smallest absolute Gasteiger partial charge is 0.293 e. The molecule has 5 heteroatoms. The number of hydrogen-bond donors (Lipinski definition) is 1. The average molecular weight is 208 g/mol. The van der Waals surface area contributed by atoms with Crippen molar-refractivity contribution in [1.82, 2.24) is 9.55 Å². The van der Waals surface area contributed by atoms with Crippen LogP contribution in [0, 0.1) is 5.92 Å². The van der Waals surface area contributed by atoms with Gasteiger partial charge in [-0.05, 0) is 18.9 Å². The summed E-state index contributed by atoms with van der Waals surface area (Å²) >= 11 is 0. The topological polar surface area (TPSA) is 64.2 Å². The summed E-state index contributed by atoms with van der Waals surface area (Å²) in [7, 11) is 1.74. The lowest BCUT2D eigenvalue weighted by Gasteiger charge is -2.16. The SMILES string of the molecule is Cn1ccnc(N2CC[C@H](CN)C2)c1=O. The van der Waals surface area contributed by atoms with Gasteiger partial charge in [0.25, 0.3) is 5.56 Å². The first-order valence-corrected chi connectivity index (χ1v) is 5.19. The van der Waals surface area contributed by atoms with Gasteiger partial charge in [-0.15, -0.1) is 0 Å². The molecule has 2 rings (SSSR count). The Morgan fingerprint density at radius 2 is 2.47 bits per heavy atom. The van der Waals surface area contributed by atoms with Crippen molar-refractivity contribution >= 4 is 5.82 Å². The third-order valence-corrected chi connectivity index (χ3v) is 2.92. The highest BCUT2D eigenvalue weighted by Crippen LogP contribution is 2.18. The van der Waals surface area contributed by atoms with Gasteiger partial charge in [0.2, 0.25) is 0 Å². The molecule has 1 aromatic rings. The maximum atomic E-state index is 11.8. The van der Waals surface area contributed by atoms with Crippen molar-refractivity contribution in [2.75, 3.05) is 24.5 Å². The van der Waals surface area contributed by atoms with Crippen molar-refractivity contribution in [3.63, 3.8) is 0 Å². The number of anilines is 1. The lowest BCUT2D eigenvalue weighted by molar-refractivity contribution is 0.602. The number of aryl methyl sites for hydroxylation is 1. The van der Waals surface area contributed by atoms with Crippen LogP contribution in [-0.2, 0) is 7.05 Å². The fraction of sp³-hybridized carbons (Fsp3) is 0.600. The van der Waals surface area contributed by atoms with Gasteiger partial charge in [-0.1, -0.05) is 0 Å². The first-order chi connectivity index (χ1) is 7.22. The Labute approximate surface area is 88.5 Å². The Kier molecular flexibility index (Phi) is 2.73. The maximum Gasteiger partial charge on any atom is 0.293 e. The molecule has 2 heterocycles. The molecule has 0 radical (unpaired) electrons. The van der Waals surface area contributed by atoms with Crippen molar-refractivity contribution < 1.29 is 0 Å². The number of hydrogen-bond acceptors (Lipinski definition) is 4. The Balaban J connectivity index is 2.24. The molecule has 5 nitrogen and oxygen atoms in total. The van der Waals surface area contributed by atoms with Crippen LogP contribution in [0.1, 0.15) is 6.42 Å². The minimum atomic E-state index is -0.0322. The summed E-state index contributed by atoms with van der Waals surface area (Å²) in [5.41, 5.74) is 5.58. The van der Waals surface area contributed by atoms with Crippen LogP contribution < -0.4 is 16.2 Å². The maximum absolute atomic E-state index is 11.8. The summed E-state index contributed by atoms with van der Waals surface area (Å²) in [5.74, 6) is 1.05. The van der Waals surface area contributed by atoms with E-state index < -0.39 is 0 Å². The lowest BCUT2D eigenvalue weighted by Crippen LogP contribution is -2.31.